The summed E-state index contributed by atoms with van der Waals surface area (Å²) < 4.78 is 7.28. The lowest BCUT2D eigenvalue weighted by molar-refractivity contribution is 0.418. The predicted octanol–water partition coefficient (Wildman–Crippen LogP) is 1.91. The number of aryl methyl sites for hydroxylation is 1. The molecule has 0 bridgehead atoms. The molecule has 0 saturated heterocycles. The Hall–Kier alpha value is -1.51. The Kier molecular flexibility index (Phi) is 1.93. The summed E-state index contributed by atoms with van der Waals surface area (Å²) in [5.74, 6) is 1.93. The minimum atomic E-state index is 0.870. The Labute approximate surface area is 77.0 Å². The number of rotatable bonds is 2. The summed E-state index contributed by atoms with van der Waals surface area (Å²) in [5, 5.41) is 0. The zero-order valence-electron chi connectivity index (χ0n) is 7.82. The molecule has 2 aromatic rings. The number of hydrogen-bond donors (Lipinski definition) is 0. The molecular weight excluding hydrogens is 164 g/mol. The fourth-order valence-corrected chi connectivity index (χ4v) is 1.48. The van der Waals surface area contributed by atoms with Crippen LogP contribution in [0.2, 0.25) is 0 Å². The van der Waals surface area contributed by atoms with Crippen LogP contribution < -0.4 is 4.74 Å². The SMILES string of the molecule is CCc1ncc2c(OC)cccn12. The van der Waals surface area contributed by atoms with E-state index in [2.05, 4.69) is 16.3 Å². The van der Waals surface area contributed by atoms with Crippen molar-refractivity contribution in [1.29, 1.82) is 0 Å². The van der Waals surface area contributed by atoms with E-state index in [9.17, 15) is 0 Å². The number of hydrogen-bond acceptors (Lipinski definition) is 2. The molecule has 0 atom stereocenters. The quantitative estimate of drug-likeness (QED) is 0.698. The summed E-state index contributed by atoms with van der Waals surface area (Å²) in [6.45, 7) is 2.09. The minimum Gasteiger partial charge on any atom is -0.494 e. The van der Waals surface area contributed by atoms with E-state index in [1.54, 1.807) is 7.11 Å². The fraction of sp³-hybridized carbons (Fsp3) is 0.300. The van der Waals surface area contributed by atoms with Gasteiger partial charge in [-0.25, -0.2) is 4.98 Å². The largest absolute Gasteiger partial charge is 0.494 e. The fourth-order valence-electron chi connectivity index (χ4n) is 1.48. The second-order valence-corrected chi connectivity index (χ2v) is 2.86. The second-order valence-electron chi connectivity index (χ2n) is 2.86. The van der Waals surface area contributed by atoms with Crippen LogP contribution in [0.5, 0.6) is 5.75 Å². The van der Waals surface area contributed by atoms with E-state index in [-0.39, 0.29) is 0 Å². The average molecular weight is 176 g/mol. The Morgan fingerprint density at radius 1 is 1.54 bits per heavy atom. The van der Waals surface area contributed by atoms with Crippen LogP contribution in [0.3, 0.4) is 0 Å². The molecule has 2 aromatic heterocycles. The third-order valence-electron chi connectivity index (χ3n) is 2.14. The van der Waals surface area contributed by atoms with Gasteiger partial charge in [0, 0.05) is 12.6 Å². The van der Waals surface area contributed by atoms with Crippen molar-refractivity contribution in [2.24, 2.45) is 0 Å². The van der Waals surface area contributed by atoms with Gasteiger partial charge in [0.15, 0.2) is 0 Å². The monoisotopic (exact) mass is 176 g/mol. The topological polar surface area (TPSA) is 26.5 Å². The molecule has 68 valence electrons. The number of ether oxygens (including phenoxy) is 1. The van der Waals surface area contributed by atoms with Gasteiger partial charge < -0.3 is 9.14 Å². The number of nitrogens with zero attached hydrogens (tertiary/aromatic N) is 2. The van der Waals surface area contributed by atoms with Crippen molar-refractivity contribution < 1.29 is 4.74 Å². The van der Waals surface area contributed by atoms with Crippen molar-refractivity contribution in [3.63, 3.8) is 0 Å². The first-order chi connectivity index (χ1) is 6.36. The minimum absolute atomic E-state index is 0.870. The number of fused-ring (bicyclic) bond motifs is 1. The van der Waals surface area contributed by atoms with Crippen molar-refractivity contribution in [3.8, 4) is 5.75 Å². The summed E-state index contributed by atoms with van der Waals surface area (Å²) >= 11 is 0. The molecule has 0 fully saturated rings. The summed E-state index contributed by atoms with van der Waals surface area (Å²) in [6, 6.07) is 3.91. The first kappa shape index (κ1) is 8.10. The van der Waals surface area contributed by atoms with E-state index in [4.69, 9.17) is 4.74 Å². The highest BCUT2D eigenvalue weighted by molar-refractivity contribution is 5.59. The van der Waals surface area contributed by atoms with Crippen LogP contribution >= 0.6 is 0 Å². The van der Waals surface area contributed by atoms with Gasteiger partial charge in [0.05, 0.1) is 13.3 Å². The van der Waals surface area contributed by atoms with Gasteiger partial charge in [-0.1, -0.05) is 6.92 Å². The summed E-state index contributed by atoms with van der Waals surface area (Å²) in [4.78, 5) is 4.31. The van der Waals surface area contributed by atoms with Gasteiger partial charge in [-0.2, -0.15) is 0 Å². The van der Waals surface area contributed by atoms with Crippen LogP contribution in [-0.4, -0.2) is 16.5 Å². The van der Waals surface area contributed by atoms with E-state index >= 15 is 0 Å². The normalized spacial score (nSPS) is 10.6. The molecule has 0 aromatic carbocycles. The van der Waals surface area contributed by atoms with Gasteiger partial charge in [-0.15, -0.1) is 0 Å². The van der Waals surface area contributed by atoms with Gasteiger partial charge in [-0.05, 0) is 12.1 Å². The second kappa shape index (κ2) is 3.09. The molecule has 13 heavy (non-hydrogen) atoms. The van der Waals surface area contributed by atoms with E-state index in [1.165, 1.54) is 0 Å². The molecule has 0 aliphatic rings. The highest BCUT2D eigenvalue weighted by atomic mass is 16.5. The lowest BCUT2D eigenvalue weighted by atomic mass is 10.4. The zero-order chi connectivity index (χ0) is 9.26. The van der Waals surface area contributed by atoms with Gasteiger partial charge in [-0.3, -0.25) is 0 Å². The van der Waals surface area contributed by atoms with Crippen molar-refractivity contribution in [3.05, 3.63) is 30.4 Å². The first-order valence-electron chi connectivity index (χ1n) is 4.35. The molecule has 2 rings (SSSR count). The predicted molar refractivity (Wildman–Crippen MR) is 51.1 cm³/mol. The Morgan fingerprint density at radius 3 is 3.08 bits per heavy atom. The standard InChI is InChI=1S/C10H12N2O/c1-3-10-11-7-8-9(13-2)5-4-6-12(8)10/h4-7H,3H2,1-2H3. The molecule has 0 aliphatic carbocycles. The van der Waals surface area contributed by atoms with Crippen molar-refractivity contribution >= 4 is 5.52 Å². The van der Waals surface area contributed by atoms with Gasteiger partial charge in [0.25, 0.3) is 0 Å². The van der Waals surface area contributed by atoms with Crippen LogP contribution in [0.15, 0.2) is 24.5 Å². The Balaban J connectivity index is 2.72. The number of pyridine rings is 1. The number of imidazole rings is 1. The molecule has 0 unspecified atom stereocenters. The molecule has 0 spiro atoms. The molecule has 0 saturated carbocycles. The van der Waals surface area contributed by atoms with Gasteiger partial charge in [0.1, 0.15) is 17.1 Å². The van der Waals surface area contributed by atoms with E-state index in [1.807, 2.05) is 24.5 Å². The lowest BCUT2D eigenvalue weighted by Gasteiger charge is -2.02. The highest BCUT2D eigenvalue weighted by Gasteiger charge is 2.04. The summed E-state index contributed by atoms with van der Waals surface area (Å²) in [5.41, 5.74) is 1.03. The summed E-state index contributed by atoms with van der Waals surface area (Å²) in [7, 11) is 1.67. The third kappa shape index (κ3) is 1.16. The smallest absolute Gasteiger partial charge is 0.144 e. The van der Waals surface area contributed by atoms with E-state index < -0.39 is 0 Å². The van der Waals surface area contributed by atoms with Crippen LogP contribution in [0.4, 0.5) is 0 Å². The third-order valence-corrected chi connectivity index (χ3v) is 2.14. The molecule has 3 nitrogen and oxygen atoms in total. The van der Waals surface area contributed by atoms with Crippen LogP contribution in [0, 0.1) is 0 Å². The number of aromatic nitrogens is 2. The first-order valence-corrected chi connectivity index (χ1v) is 4.35. The summed E-state index contributed by atoms with van der Waals surface area (Å²) in [6.07, 6.45) is 4.78. The molecule has 0 amide bonds. The average Bonchev–Trinajstić information content (AvgIpc) is 2.60. The van der Waals surface area contributed by atoms with Gasteiger partial charge in [0.2, 0.25) is 0 Å². The zero-order valence-corrected chi connectivity index (χ0v) is 7.82. The maximum Gasteiger partial charge on any atom is 0.144 e. The number of methoxy groups -OCH3 is 1. The van der Waals surface area contributed by atoms with Crippen molar-refractivity contribution in [2.75, 3.05) is 7.11 Å². The molecule has 3 heteroatoms. The van der Waals surface area contributed by atoms with Crippen molar-refractivity contribution in [2.45, 2.75) is 13.3 Å². The van der Waals surface area contributed by atoms with E-state index in [0.717, 1.165) is 23.5 Å². The highest BCUT2D eigenvalue weighted by Crippen LogP contribution is 2.19. The van der Waals surface area contributed by atoms with Crippen LogP contribution in [0.25, 0.3) is 5.52 Å². The molecule has 0 N–H and O–H groups in total. The van der Waals surface area contributed by atoms with Gasteiger partial charge >= 0.3 is 0 Å². The molecule has 0 aliphatic heterocycles. The Bertz CT molecular complexity index is 420. The molecule has 0 radical (unpaired) electrons. The Morgan fingerprint density at radius 2 is 2.38 bits per heavy atom. The van der Waals surface area contributed by atoms with Crippen LogP contribution in [-0.2, 0) is 6.42 Å². The van der Waals surface area contributed by atoms with Crippen LogP contribution in [0.1, 0.15) is 12.7 Å². The molecule has 2 heterocycles. The van der Waals surface area contributed by atoms with E-state index in [0.29, 0.717) is 0 Å². The lowest BCUT2D eigenvalue weighted by Crippen LogP contribution is -1.93. The van der Waals surface area contributed by atoms with Crippen molar-refractivity contribution in [1.82, 2.24) is 9.38 Å². The molecular formula is C10H12N2O. The maximum atomic E-state index is 5.22. The maximum absolute atomic E-state index is 5.22.